The van der Waals surface area contributed by atoms with Gasteiger partial charge in [-0.2, -0.15) is 0 Å². The Morgan fingerprint density at radius 1 is 0.782 bits per heavy atom. The van der Waals surface area contributed by atoms with Crippen LogP contribution in [-0.4, -0.2) is 99.3 Å². The highest BCUT2D eigenvalue weighted by Crippen LogP contribution is 2.37. The molecular weight excluding hydrogens is 704 g/mol. The van der Waals surface area contributed by atoms with Crippen molar-refractivity contribution in [1.82, 2.24) is 35.1 Å². The number of likely N-dealkylation sites (tertiary alicyclic amines) is 2. The number of benzene rings is 2. The molecule has 0 radical (unpaired) electrons. The molecule has 4 amide bonds. The largest absolute Gasteiger partial charge is 0.453 e. The molecule has 290 valence electrons. The summed E-state index contributed by atoms with van der Waals surface area (Å²) in [7, 11) is 2.76. The Balaban J connectivity index is 0.983. The topological polar surface area (TPSA) is 198 Å². The van der Waals surface area contributed by atoms with Crippen LogP contribution in [0.15, 0.2) is 60.9 Å². The van der Waals surface area contributed by atoms with Gasteiger partial charge in [-0.05, 0) is 74.1 Å². The summed E-state index contributed by atoms with van der Waals surface area (Å²) in [6.07, 6.45) is 6.41. The number of rotatable bonds is 11. The highest BCUT2D eigenvalue weighted by molar-refractivity contribution is 5.87. The van der Waals surface area contributed by atoms with Crippen LogP contribution in [0.2, 0.25) is 0 Å². The number of primary amides is 1. The Bertz CT molecular complexity index is 1990. The van der Waals surface area contributed by atoms with Crippen molar-refractivity contribution in [2.24, 2.45) is 11.7 Å². The molecule has 2 aromatic heterocycles. The molecule has 2 saturated heterocycles. The number of hydrogen-bond acceptors (Lipinski definition) is 9. The number of carbonyl (C=O) groups is 4. The van der Waals surface area contributed by atoms with E-state index >= 15 is 0 Å². The van der Waals surface area contributed by atoms with Gasteiger partial charge in [-0.15, -0.1) is 0 Å². The van der Waals surface area contributed by atoms with Gasteiger partial charge in [-0.25, -0.2) is 19.6 Å². The second-order valence-corrected chi connectivity index (χ2v) is 14.5. The van der Waals surface area contributed by atoms with E-state index < -0.39 is 24.3 Å². The molecule has 15 nitrogen and oxygen atoms in total. The van der Waals surface area contributed by atoms with Gasteiger partial charge in [-0.3, -0.25) is 9.59 Å². The molecule has 4 aromatic rings. The fraction of sp³-hybridized carbons (Fsp3) is 0.450. The Morgan fingerprint density at radius 2 is 1.31 bits per heavy atom. The van der Waals surface area contributed by atoms with Crippen molar-refractivity contribution < 1.29 is 33.4 Å². The van der Waals surface area contributed by atoms with Gasteiger partial charge in [0.25, 0.3) is 0 Å². The first kappa shape index (κ1) is 37.6. The van der Waals surface area contributed by atoms with Crippen LogP contribution in [0.25, 0.3) is 33.6 Å². The second kappa shape index (κ2) is 16.3. The molecule has 3 aliphatic rings. The van der Waals surface area contributed by atoms with E-state index in [1.54, 1.807) is 18.0 Å². The zero-order valence-electron chi connectivity index (χ0n) is 31.3. The van der Waals surface area contributed by atoms with Gasteiger partial charge in [0.1, 0.15) is 23.8 Å². The summed E-state index contributed by atoms with van der Waals surface area (Å²) in [6.45, 7) is 2.96. The number of ether oxygens (including phenoxy) is 3. The number of methoxy groups -OCH3 is 2. The highest BCUT2D eigenvalue weighted by atomic mass is 16.6. The molecule has 2 aromatic carbocycles. The Hall–Kier alpha value is -5.70. The normalized spacial score (nSPS) is 22.0. The maximum atomic E-state index is 13.6. The Labute approximate surface area is 319 Å². The first-order valence-corrected chi connectivity index (χ1v) is 18.9. The maximum absolute atomic E-state index is 13.6. The van der Waals surface area contributed by atoms with Crippen molar-refractivity contribution in [3.63, 3.8) is 0 Å². The molecule has 0 spiro atoms. The van der Waals surface area contributed by atoms with Crippen LogP contribution >= 0.6 is 0 Å². The second-order valence-electron chi connectivity index (χ2n) is 14.5. The number of H-pyrrole nitrogens is 2. The quantitative estimate of drug-likeness (QED) is 0.153. The summed E-state index contributed by atoms with van der Waals surface area (Å²) >= 11 is 0. The van der Waals surface area contributed by atoms with E-state index in [0.717, 1.165) is 65.1 Å². The first-order chi connectivity index (χ1) is 26.6. The number of nitrogens with two attached hydrogens (primary N) is 1. The van der Waals surface area contributed by atoms with Crippen molar-refractivity contribution in [2.75, 3.05) is 27.3 Å². The lowest BCUT2D eigenvalue weighted by Crippen LogP contribution is -2.54. The number of amides is 4. The maximum Gasteiger partial charge on any atom is 0.407 e. The van der Waals surface area contributed by atoms with Gasteiger partial charge in [0.2, 0.25) is 11.8 Å². The van der Waals surface area contributed by atoms with E-state index in [9.17, 15) is 19.2 Å². The van der Waals surface area contributed by atoms with E-state index in [-0.39, 0.29) is 35.9 Å². The minimum atomic E-state index is -0.893. The highest BCUT2D eigenvalue weighted by Gasteiger charge is 2.40. The molecule has 3 fully saturated rings. The van der Waals surface area contributed by atoms with E-state index in [2.05, 4.69) is 56.7 Å². The van der Waals surface area contributed by atoms with E-state index in [0.29, 0.717) is 38.2 Å². The van der Waals surface area contributed by atoms with Crippen molar-refractivity contribution in [3.05, 3.63) is 72.6 Å². The molecule has 15 heteroatoms. The average Bonchev–Trinajstić information content (AvgIpc) is 4.05. The van der Waals surface area contributed by atoms with Gasteiger partial charge in [0.05, 0.1) is 49.1 Å². The lowest BCUT2D eigenvalue weighted by molar-refractivity contribution is -0.138. The summed E-state index contributed by atoms with van der Waals surface area (Å²) in [5.41, 5.74) is 11.0. The Kier molecular flexibility index (Phi) is 11.2. The van der Waals surface area contributed by atoms with Crippen LogP contribution in [0.1, 0.15) is 75.6 Å². The molecule has 1 saturated carbocycles. The van der Waals surface area contributed by atoms with Crippen molar-refractivity contribution >= 4 is 24.0 Å². The number of imidazole rings is 2. The molecule has 4 heterocycles. The third-order valence-electron chi connectivity index (χ3n) is 11.2. The number of aromatic amines is 2. The molecular formula is C40H48N8O7. The van der Waals surface area contributed by atoms with Gasteiger partial charge in [0, 0.05) is 26.1 Å². The fourth-order valence-electron chi connectivity index (χ4n) is 8.17. The number of carbonyl (C=O) groups excluding carboxylic acids is 4. The van der Waals surface area contributed by atoms with Crippen LogP contribution in [0.5, 0.6) is 0 Å². The SMILES string of the molecule is COC(=O)N[C@H](C(=O)N1CCC[C@H]1c1ncc(-c2ccc(-c3ccc(-c4cnc([C@@H]5CCCN5C(=O)[C@H]5CC[C@@H](OC(N)=O)C5)[nH]4)cc3)cc2)[nH]1)C(C)OC. The first-order valence-electron chi connectivity index (χ1n) is 18.9. The number of aromatic nitrogens is 4. The predicted molar refractivity (Wildman–Crippen MR) is 202 cm³/mol. The number of nitrogens with one attached hydrogen (secondary N) is 3. The predicted octanol–water partition coefficient (Wildman–Crippen LogP) is 5.48. The smallest absolute Gasteiger partial charge is 0.407 e. The molecule has 55 heavy (non-hydrogen) atoms. The number of alkyl carbamates (subject to hydrolysis) is 1. The zero-order valence-corrected chi connectivity index (χ0v) is 31.3. The standard InChI is InChI=1S/C40H48N8O7/c1-23(53-2)34(46-40(52)54-3)38(50)48-19-5-7-33(48)36-43-22-31(45-36)27-14-10-25(11-15-27)24-8-12-26(13-9-24)30-21-42-35(44-30)32-6-4-18-47(32)37(49)28-16-17-29(20-28)55-39(41)51/h8-15,21-23,28-29,32-34H,4-7,16-20H2,1-3H3,(H2,41,51)(H,42,44)(H,43,45)(H,46,52)/t23?,28-,29+,32-,33-,34-/m0/s1. The average molecular weight is 753 g/mol. The molecule has 1 aliphatic carbocycles. The van der Waals surface area contributed by atoms with Crippen LogP contribution in [0.4, 0.5) is 9.59 Å². The van der Waals surface area contributed by atoms with E-state index in [1.807, 2.05) is 23.2 Å². The molecule has 6 atom stereocenters. The van der Waals surface area contributed by atoms with Crippen LogP contribution in [0.3, 0.4) is 0 Å². The van der Waals surface area contributed by atoms with Gasteiger partial charge < -0.3 is 45.0 Å². The third-order valence-corrected chi connectivity index (χ3v) is 11.2. The summed E-state index contributed by atoms with van der Waals surface area (Å²) in [4.78, 5) is 70.1. The van der Waals surface area contributed by atoms with E-state index in [4.69, 9.17) is 24.9 Å². The summed E-state index contributed by atoms with van der Waals surface area (Å²) < 4.78 is 15.3. The van der Waals surface area contributed by atoms with Gasteiger partial charge in [-0.1, -0.05) is 48.5 Å². The molecule has 0 bridgehead atoms. The molecule has 5 N–H and O–H groups in total. The molecule has 2 aliphatic heterocycles. The fourth-order valence-corrected chi connectivity index (χ4v) is 8.17. The van der Waals surface area contributed by atoms with E-state index in [1.165, 1.54) is 14.2 Å². The van der Waals surface area contributed by atoms with Crippen LogP contribution in [-0.2, 0) is 23.8 Å². The van der Waals surface area contributed by atoms with Gasteiger partial charge in [0.15, 0.2) is 0 Å². The van der Waals surface area contributed by atoms with Crippen molar-refractivity contribution in [3.8, 4) is 33.6 Å². The summed E-state index contributed by atoms with van der Waals surface area (Å²) in [6, 6.07) is 15.2. The number of nitrogens with zero attached hydrogens (tertiary/aromatic N) is 4. The van der Waals surface area contributed by atoms with Crippen molar-refractivity contribution in [1.29, 1.82) is 0 Å². The molecule has 1 unspecified atom stereocenters. The lowest BCUT2D eigenvalue weighted by atomic mass is 10.0. The summed E-state index contributed by atoms with van der Waals surface area (Å²) in [5, 5.41) is 2.62. The summed E-state index contributed by atoms with van der Waals surface area (Å²) in [5.74, 6) is 1.13. The van der Waals surface area contributed by atoms with Crippen molar-refractivity contribution in [2.45, 2.75) is 82.2 Å². The minimum absolute atomic E-state index is 0.0873. The van der Waals surface area contributed by atoms with Gasteiger partial charge >= 0.3 is 12.2 Å². The minimum Gasteiger partial charge on any atom is -0.453 e. The lowest BCUT2D eigenvalue weighted by Gasteiger charge is -2.30. The monoisotopic (exact) mass is 752 g/mol. The number of hydrogen-bond donors (Lipinski definition) is 4. The Morgan fingerprint density at radius 3 is 1.84 bits per heavy atom. The third kappa shape index (κ3) is 8.07. The van der Waals surface area contributed by atoms with Crippen LogP contribution in [0, 0.1) is 5.92 Å². The van der Waals surface area contributed by atoms with Crippen LogP contribution < -0.4 is 11.1 Å². The zero-order chi connectivity index (χ0) is 38.6. The molecule has 7 rings (SSSR count).